The van der Waals surface area contributed by atoms with E-state index in [1.165, 1.54) is 112 Å². The van der Waals surface area contributed by atoms with Crippen molar-refractivity contribution in [2.24, 2.45) is 0 Å². The van der Waals surface area contributed by atoms with Crippen LogP contribution in [0.15, 0.2) is 110 Å². The van der Waals surface area contributed by atoms with E-state index in [-0.39, 0.29) is 67.9 Å². The van der Waals surface area contributed by atoms with Gasteiger partial charge in [-0.1, -0.05) is 18.2 Å². The number of benzene rings is 3. The Bertz CT molecular complexity index is 2340. The van der Waals surface area contributed by atoms with Gasteiger partial charge in [-0.05, 0) is 110 Å². The van der Waals surface area contributed by atoms with E-state index in [9.17, 15) is 53.9 Å². The molecule has 0 saturated heterocycles. The zero-order valence-electron chi connectivity index (χ0n) is 32.7. The Labute approximate surface area is 351 Å². The number of hydrogen-bond acceptors (Lipinski definition) is 9. The summed E-state index contributed by atoms with van der Waals surface area (Å²) in [7, 11) is 0. The van der Waals surface area contributed by atoms with Gasteiger partial charge in [0.15, 0.2) is 0 Å². The van der Waals surface area contributed by atoms with Crippen LogP contribution < -0.4 is 16.0 Å². The van der Waals surface area contributed by atoms with Gasteiger partial charge in [-0.3, -0.25) is 0 Å². The topological polar surface area (TPSA) is 187 Å². The number of aromatic carboxylic acids is 3. The second-order valence-electron chi connectivity index (χ2n) is 12.9. The highest BCUT2D eigenvalue weighted by atomic mass is 19.4. The third-order valence-electron chi connectivity index (χ3n) is 8.79. The lowest BCUT2D eigenvalue weighted by molar-refractivity contribution is -0.138. The van der Waals surface area contributed by atoms with Crippen LogP contribution in [0.25, 0.3) is 0 Å². The molecular formula is C42H33F9N6O6. The van der Waals surface area contributed by atoms with Gasteiger partial charge in [-0.2, -0.15) is 39.5 Å². The van der Waals surface area contributed by atoms with E-state index in [2.05, 4.69) is 30.9 Å². The molecule has 63 heavy (non-hydrogen) atoms. The number of rotatable bonds is 9. The van der Waals surface area contributed by atoms with Gasteiger partial charge in [-0.15, -0.1) is 0 Å². The number of nitrogens with zero attached hydrogens (tertiary/aromatic N) is 3. The number of anilines is 6. The van der Waals surface area contributed by atoms with E-state index in [1.54, 1.807) is 0 Å². The van der Waals surface area contributed by atoms with Crippen molar-refractivity contribution < 1.29 is 69.2 Å². The van der Waals surface area contributed by atoms with Crippen molar-refractivity contribution in [2.75, 3.05) is 16.0 Å². The lowest BCUT2D eigenvalue weighted by Gasteiger charge is -2.15. The van der Waals surface area contributed by atoms with Gasteiger partial charge in [0.2, 0.25) is 0 Å². The molecule has 0 aliphatic carbocycles. The van der Waals surface area contributed by atoms with Crippen LogP contribution in [0.2, 0.25) is 0 Å². The van der Waals surface area contributed by atoms with Crippen LogP contribution in [-0.2, 0) is 18.5 Å². The molecule has 0 bridgehead atoms. The Hall–Kier alpha value is -7.71. The van der Waals surface area contributed by atoms with Crippen LogP contribution in [0.3, 0.4) is 0 Å². The molecule has 6 rings (SSSR count). The van der Waals surface area contributed by atoms with Crippen molar-refractivity contribution in [3.8, 4) is 0 Å². The first kappa shape index (κ1) is 48.0. The third kappa shape index (κ3) is 12.4. The predicted octanol–water partition coefficient (Wildman–Crippen LogP) is 11.6. The minimum absolute atomic E-state index is 0.00701. The number of hydrogen-bond donors (Lipinski definition) is 6. The number of pyridine rings is 3. The predicted molar refractivity (Wildman–Crippen MR) is 212 cm³/mol. The summed E-state index contributed by atoms with van der Waals surface area (Å²) < 4.78 is 116. The van der Waals surface area contributed by atoms with Crippen molar-refractivity contribution in [3.05, 3.63) is 160 Å². The second kappa shape index (κ2) is 19.8. The largest absolute Gasteiger partial charge is 0.478 e. The highest BCUT2D eigenvalue weighted by Crippen LogP contribution is 2.38. The maximum Gasteiger partial charge on any atom is 0.416 e. The molecule has 0 spiro atoms. The summed E-state index contributed by atoms with van der Waals surface area (Å²) >= 11 is 0. The van der Waals surface area contributed by atoms with Crippen LogP contribution >= 0.6 is 0 Å². The summed E-state index contributed by atoms with van der Waals surface area (Å²) in [6.45, 7) is 3.94. The van der Waals surface area contributed by atoms with E-state index in [1.807, 2.05) is 0 Å². The molecule has 0 atom stereocenters. The Kier molecular flexibility index (Phi) is 15.1. The summed E-state index contributed by atoms with van der Waals surface area (Å²) in [5, 5.41) is 35.0. The molecule has 0 unspecified atom stereocenters. The lowest BCUT2D eigenvalue weighted by Crippen LogP contribution is -2.10. The first-order valence-electron chi connectivity index (χ1n) is 17.8. The monoisotopic (exact) mass is 888 g/mol. The quantitative estimate of drug-likeness (QED) is 0.0756. The molecule has 0 aliphatic rings. The molecule has 330 valence electrons. The lowest BCUT2D eigenvalue weighted by atomic mass is 10.1. The maximum atomic E-state index is 12.8. The molecule has 6 aromatic rings. The molecular weight excluding hydrogens is 855 g/mol. The summed E-state index contributed by atoms with van der Waals surface area (Å²) in [6, 6.07) is 19.2. The molecule has 3 aromatic carbocycles. The molecule has 0 aliphatic heterocycles. The number of halogens is 9. The Morgan fingerprint density at radius 3 is 0.857 bits per heavy atom. The fourth-order valence-electron chi connectivity index (χ4n) is 5.65. The van der Waals surface area contributed by atoms with Gasteiger partial charge in [0.25, 0.3) is 0 Å². The third-order valence-corrected chi connectivity index (χ3v) is 8.79. The molecule has 6 N–H and O–H groups in total. The SMILES string of the molecule is Cc1c(Nc2ncccc2C(=O)O)cccc1C(F)(F)F.Cc1c(Nc2ncccc2C(=O)O)cccc1C(F)(F)F.Cc1c(Nc2ncccc2C(=O)O)cccc1C(F)(F)F. The fourth-order valence-corrected chi connectivity index (χ4v) is 5.65. The highest BCUT2D eigenvalue weighted by molar-refractivity contribution is 5.95. The van der Waals surface area contributed by atoms with Crippen molar-refractivity contribution >= 4 is 52.4 Å². The van der Waals surface area contributed by atoms with Crippen molar-refractivity contribution in [1.29, 1.82) is 0 Å². The number of aromatic nitrogens is 3. The molecule has 12 nitrogen and oxygen atoms in total. The van der Waals surface area contributed by atoms with Gasteiger partial charge in [0.05, 0.1) is 16.7 Å². The molecule has 0 radical (unpaired) electrons. The molecule has 3 heterocycles. The molecule has 21 heteroatoms. The number of carboxylic acids is 3. The maximum absolute atomic E-state index is 12.8. The highest BCUT2D eigenvalue weighted by Gasteiger charge is 2.35. The Morgan fingerprint density at radius 2 is 0.651 bits per heavy atom. The summed E-state index contributed by atoms with van der Waals surface area (Å²) in [5.74, 6) is -3.66. The van der Waals surface area contributed by atoms with Crippen LogP contribution in [-0.4, -0.2) is 48.2 Å². The van der Waals surface area contributed by atoms with E-state index in [0.29, 0.717) is 0 Å². The van der Waals surface area contributed by atoms with Gasteiger partial charge in [0, 0.05) is 35.7 Å². The van der Waals surface area contributed by atoms with Crippen LogP contribution in [0.4, 0.5) is 74.0 Å². The number of nitrogens with one attached hydrogen (secondary N) is 3. The summed E-state index contributed by atoms with van der Waals surface area (Å²) in [6.07, 6.45) is -9.34. The molecule has 0 amide bonds. The Balaban J connectivity index is 0.000000207. The fraction of sp³-hybridized carbons (Fsp3) is 0.143. The van der Waals surface area contributed by atoms with Crippen molar-refractivity contribution in [2.45, 2.75) is 39.3 Å². The van der Waals surface area contributed by atoms with Crippen molar-refractivity contribution in [1.82, 2.24) is 15.0 Å². The second-order valence-corrected chi connectivity index (χ2v) is 12.9. The summed E-state index contributed by atoms with van der Waals surface area (Å²) in [4.78, 5) is 44.8. The average molecular weight is 889 g/mol. The van der Waals surface area contributed by atoms with Gasteiger partial charge in [-0.25, -0.2) is 29.3 Å². The van der Waals surface area contributed by atoms with Crippen molar-refractivity contribution in [3.63, 3.8) is 0 Å². The first-order valence-corrected chi connectivity index (χ1v) is 17.8. The van der Waals surface area contributed by atoms with E-state index in [0.717, 1.165) is 18.2 Å². The number of carboxylic acid groups (broad SMARTS) is 3. The van der Waals surface area contributed by atoms with E-state index < -0.39 is 53.1 Å². The smallest absolute Gasteiger partial charge is 0.416 e. The van der Waals surface area contributed by atoms with E-state index in [4.69, 9.17) is 15.3 Å². The van der Waals surface area contributed by atoms with Gasteiger partial charge in [0.1, 0.15) is 34.1 Å². The molecule has 3 aromatic heterocycles. The number of carbonyl (C=O) groups is 3. The summed E-state index contributed by atoms with van der Waals surface area (Å²) in [5.41, 5.74) is -2.27. The average Bonchev–Trinajstić information content (AvgIpc) is 3.20. The zero-order valence-corrected chi connectivity index (χ0v) is 32.7. The van der Waals surface area contributed by atoms with Gasteiger partial charge < -0.3 is 31.3 Å². The van der Waals surface area contributed by atoms with Crippen LogP contribution in [0.1, 0.15) is 64.5 Å². The zero-order chi connectivity index (χ0) is 46.9. The molecule has 0 fully saturated rings. The minimum atomic E-state index is -4.47. The number of alkyl halides is 9. The molecule has 0 saturated carbocycles. The normalized spacial score (nSPS) is 11.2. The van der Waals surface area contributed by atoms with Crippen LogP contribution in [0, 0.1) is 20.8 Å². The van der Waals surface area contributed by atoms with E-state index >= 15 is 0 Å². The van der Waals surface area contributed by atoms with Gasteiger partial charge >= 0.3 is 36.4 Å². The van der Waals surface area contributed by atoms with Crippen LogP contribution in [0.5, 0.6) is 0 Å². The standard InChI is InChI=1S/3C14H11F3N2O2/c3*1-8-10(14(15,16)17)5-2-6-11(8)19-12-9(13(20)21)4-3-7-18-12/h3*2-7H,1H3,(H,18,19)(H,20,21). The first-order chi connectivity index (χ1) is 29.4. The minimum Gasteiger partial charge on any atom is -0.478 e. The Morgan fingerprint density at radius 1 is 0.413 bits per heavy atom.